The maximum atomic E-state index is 12.7. The fraction of sp³-hybridized carbons (Fsp3) is 0.435. The molecule has 2 aliphatic rings. The summed E-state index contributed by atoms with van der Waals surface area (Å²) in [5.41, 5.74) is 0.761. The van der Waals surface area contributed by atoms with Gasteiger partial charge in [0.1, 0.15) is 5.75 Å². The Bertz CT molecular complexity index is 1220. The second-order valence-electron chi connectivity index (χ2n) is 8.31. The molecule has 2 aliphatic heterocycles. The predicted molar refractivity (Wildman–Crippen MR) is 128 cm³/mol. The summed E-state index contributed by atoms with van der Waals surface area (Å²) in [5, 5.41) is 2.72. The van der Waals surface area contributed by atoms with Gasteiger partial charge in [-0.2, -0.15) is 8.61 Å². The maximum Gasteiger partial charge on any atom is 0.258 e. The third-order valence-corrected chi connectivity index (χ3v) is 9.74. The van der Waals surface area contributed by atoms with Crippen molar-refractivity contribution in [2.45, 2.75) is 29.2 Å². The van der Waals surface area contributed by atoms with Crippen molar-refractivity contribution < 1.29 is 31.1 Å². The van der Waals surface area contributed by atoms with E-state index in [4.69, 9.17) is 9.47 Å². The maximum absolute atomic E-state index is 12.7. The minimum absolute atomic E-state index is 0.159. The Morgan fingerprint density at radius 2 is 1.31 bits per heavy atom. The van der Waals surface area contributed by atoms with E-state index >= 15 is 0 Å². The Hall–Kier alpha value is -2.51. The quantitative estimate of drug-likeness (QED) is 0.524. The molecule has 12 heteroatoms. The average molecular weight is 524 g/mol. The van der Waals surface area contributed by atoms with Crippen LogP contribution in [0.15, 0.2) is 58.3 Å². The van der Waals surface area contributed by atoms with Gasteiger partial charge in [0, 0.05) is 32.7 Å². The third kappa shape index (κ3) is 6.19. The van der Waals surface area contributed by atoms with Crippen LogP contribution in [0.1, 0.15) is 18.4 Å². The summed E-state index contributed by atoms with van der Waals surface area (Å²) >= 11 is 0. The first-order chi connectivity index (χ1) is 16.8. The number of ether oxygens (including phenoxy) is 2. The lowest BCUT2D eigenvalue weighted by molar-refractivity contribution is -0.123. The van der Waals surface area contributed by atoms with Gasteiger partial charge in [-0.15, -0.1) is 0 Å². The van der Waals surface area contributed by atoms with Gasteiger partial charge in [-0.1, -0.05) is 12.1 Å². The first-order valence-corrected chi connectivity index (χ1v) is 14.3. The Morgan fingerprint density at radius 3 is 1.89 bits per heavy atom. The van der Waals surface area contributed by atoms with E-state index in [0.29, 0.717) is 45.1 Å². The molecule has 190 valence electrons. The van der Waals surface area contributed by atoms with Gasteiger partial charge in [0.2, 0.25) is 20.0 Å². The van der Waals surface area contributed by atoms with Crippen LogP contribution >= 0.6 is 0 Å². The number of nitrogens with zero attached hydrogens (tertiary/aromatic N) is 2. The second kappa shape index (κ2) is 11.0. The van der Waals surface area contributed by atoms with Crippen molar-refractivity contribution in [2.75, 3.05) is 46.0 Å². The van der Waals surface area contributed by atoms with Crippen LogP contribution in [0.25, 0.3) is 0 Å². The number of hydrogen-bond acceptors (Lipinski definition) is 7. The van der Waals surface area contributed by atoms with Crippen molar-refractivity contribution in [3.05, 3.63) is 54.1 Å². The second-order valence-corrected chi connectivity index (χ2v) is 12.2. The van der Waals surface area contributed by atoms with Gasteiger partial charge in [0.25, 0.3) is 5.91 Å². The zero-order chi connectivity index (χ0) is 24.9. The predicted octanol–water partition coefficient (Wildman–Crippen LogP) is 1.19. The van der Waals surface area contributed by atoms with Crippen molar-refractivity contribution in [3.8, 4) is 5.75 Å². The zero-order valence-electron chi connectivity index (χ0n) is 19.3. The Labute approximate surface area is 205 Å². The zero-order valence-corrected chi connectivity index (χ0v) is 20.9. The highest BCUT2D eigenvalue weighted by Crippen LogP contribution is 2.22. The number of rotatable bonds is 9. The molecule has 0 radical (unpaired) electrons. The lowest BCUT2D eigenvalue weighted by atomic mass is 10.2. The van der Waals surface area contributed by atoms with E-state index in [-0.39, 0.29) is 28.8 Å². The fourth-order valence-electron chi connectivity index (χ4n) is 3.90. The van der Waals surface area contributed by atoms with Crippen LogP contribution in [0.2, 0.25) is 0 Å². The van der Waals surface area contributed by atoms with Crippen molar-refractivity contribution in [1.82, 2.24) is 13.9 Å². The average Bonchev–Trinajstić information content (AvgIpc) is 3.43. The lowest BCUT2D eigenvalue weighted by Gasteiger charge is -2.26. The molecule has 0 spiro atoms. The molecule has 2 heterocycles. The van der Waals surface area contributed by atoms with Crippen LogP contribution in [0, 0.1) is 0 Å². The molecule has 2 fully saturated rings. The van der Waals surface area contributed by atoms with Crippen LogP contribution in [0.4, 0.5) is 0 Å². The number of carbonyl (C=O) groups is 1. The van der Waals surface area contributed by atoms with Crippen molar-refractivity contribution in [3.63, 3.8) is 0 Å². The number of carbonyl (C=O) groups excluding carboxylic acids is 1. The molecule has 0 aromatic heterocycles. The SMILES string of the molecule is O=C(COc1ccc(S(=O)(=O)N2CCOCC2)cc1)NCc1ccc(S(=O)(=O)N2CCCC2)cc1. The summed E-state index contributed by atoms with van der Waals surface area (Å²) in [6, 6.07) is 12.4. The van der Waals surface area contributed by atoms with Crippen molar-refractivity contribution in [2.24, 2.45) is 0 Å². The number of morpholine rings is 1. The molecule has 0 bridgehead atoms. The number of amides is 1. The van der Waals surface area contributed by atoms with E-state index in [2.05, 4.69) is 5.32 Å². The molecule has 0 saturated carbocycles. The molecule has 0 unspecified atom stereocenters. The van der Waals surface area contributed by atoms with Crippen molar-refractivity contribution >= 4 is 26.0 Å². The molecule has 0 atom stereocenters. The highest BCUT2D eigenvalue weighted by atomic mass is 32.2. The van der Waals surface area contributed by atoms with Gasteiger partial charge in [-0.05, 0) is 54.8 Å². The van der Waals surface area contributed by atoms with E-state index < -0.39 is 20.0 Å². The number of sulfonamides is 2. The summed E-state index contributed by atoms with van der Waals surface area (Å²) in [7, 11) is -7.05. The molecule has 10 nitrogen and oxygen atoms in total. The minimum Gasteiger partial charge on any atom is -0.484 e. The number of nitrogens with one attached hydrogen (secondary N) is 1. The molecule has 2 aromatic carbocycles. The molecule has 1 N–H and O–H groups in total. The summed E-state index contributed by atoms with van der Waals surface area (Å²) in [6.07, 6.45) is 1.76. The fourth-order valence-corrected chi connectivity index (χ4v) is 6.83. The minimum atomic E-state index is -3.59. The number of hydrogen-bond donors (Lipinski definition) is 1. The normalized spacial score (nSPS) is 17.8. The third-order valence-electron chi connectivity index (χ3n) is 5.92. The van der Waals surface area contributed by atoms with Gasteiger partial charge >= 0.3 is 0 Å². The van der Waals surface area contributed by atoms with Crippen LogP contribution in [-0.4, -0.2) is 77.4 Å². The van der Waals surface area contributed by atoms with Crippen LogP contribution in [0.3, 0.4) is 0 Å². The summed E-state index contributed by atoms with van der Waals surface area (Å²) in [4.78, 5) is 12.6. The smallest absolute Gasteiger partial charge is 0.258 e. The van der Waals surface area contributed by atoms with Crippen molar-refractivity contribution in [1.29, 1.82) is 0 Å². The van der Waals surface area contributed by atoms with E-state index in [1.807, 2.05) is 0 Å². The van der Waals surface area contributed by atoms with Gasteiger partial charge < -0.3 is 14.8 Å². The molecule has 2 saturated heterocycles. The van der Waals surface area contributed by atoms with Gasteiger partial charge in [0.05, 0.1) is 23.0 Å². The van der Waals surface area contributed by atoms with E-state index in [1.165, 1.54) is 32.9 Å². The van der Waals surface area contributed by atoms with E-state index in [1.54, 1.807) is 24.3 Å². The monoisotopic (exact) mass is 523 g/mol. The first kappa shape index (κ1) is 25.6. The highest BCUT2D eigenvalue weighted by Gasteiger charge is 2.27. The van der Waals surface area contributed by atoms with Crippen LogP contribution < -0.4 is 10.1 Å². The molecular weight excluding hydrogens is 494 g/mol. The van der Waals surface area contributed by atoms with Crippen LogP contribution in [0.5, 0.6) is 5.75 Å². The highest BCUT2D eigenvalue weighted by molar-refractivity contribution is 7.89. The molecule has 2 aromatic rings. The van der Waals surface area contributed by atoms with Gasteiger partial charge in [-0.3, -0.25) is 4.79 Å². The largest absolute Gasteiger partial charge is 0.484 e. The first-order valence-electron chi connectivity index (χ1n) is 11.4. The Morgan fingerprint density at radius 1 is 0.800 bits per heavy atom. The molecule has 0 aliphatic carbocycles. The lowest BCUT2D eigenvalue weighted by Crippen LogP contribution is -2.40. The molecular formula is C23H29N3O7S2. The van der Waals surface area contributed by atoms with Crippen LogP contribution in [-0.2, 0) is 36.1 Å². The summed E-state index contributed by atoms with van der Waals surface area (Å²) < 4.78 is 64.0. The Kier molecular flexibility index (Phi) is 8.07. The summed E-state index contributed by atoms with van der Waals surface area (Å²) in [5.74, 6) is 0.0151. The van der Waals surface area contributed by atoms with Gasteiger partial charge in [-0.25, -0.2) is 16.8 Å². The molecule has 1 amide bonds. The van der Waals surface area contributed by atoms with E-state index in [9.17, 15) is 21.6 Å². The topological polar surface area (TPSA) is 122 Å². The number of benzene rings is 2. The Balaban J connectivity index is 1.25. The van der Waals surface area contributed by atoms with Gasteiger partial charge in [0.15, 0.2) is 6.61 Å². The summed E-state index contributed by atoms with van der Waals surface area (Å²) in [6.45, 7) is 2.46. The van der Waals surface area contributed by atoms with E-state index in [0.717, 1.165) is 18.4 Å². The standard InChI is InChI=1S/C23H29N3O7S2/c27-23(24-17-19-3-7-21(8-4-19)34(28,29)25-11-1-2-12-25)18-33-20-5-9-22(10-6-20)35(30,31)26-13-15-32-16-14-26/h3-10H,1-2,11-18H2,(H,24,27). The molecule has 4 rings (SSSR count). The molecule has 35 heavy (non-hydrogen) atoms.